The van der Waals surface area contributed by atoms with E-state index >= 15 is 0 Å². The number of nitrogens with zero attached hydrogens (tertiary/aromatic N) is 3. The Balaban J connectivity index is 2.19. The summed E-state index contributed by atoms with van der Waals surface area (Å²) in [6.07, 6.45) is 4.26. The molecule has 84 valence electrons. The Labute approximate surface area is 94.7 Å². The van der Waals surface area contributed by atoms with Gasteiger partial charge in [-0.2, -0.15) is 0 Å². The van der Waals surface area contributed by atoms with Gasteiger partial charge in [-0.25, -0.2) is 9.97 Å². The molecular formula is C12H16N4. The van der Waals surface area contributed by atoms with Crippen LogP contribution in [0.2, 0.25) is 0 Å². The largest absolute Gasteiger partial charge is 0.309 e. The zero-order valence-corrected chi connectivity index (χ0v) is 9.70. The van der Waals surface area contributed by atoms with E-state index in [2.05, 4.69) is 21.6 Å². The standard InChI is InChI=1S/C12H16N4/c1-8-12(10-4-3-6-14-10)15-11-5-7-13-9(2)16(8)11/h5,7,10,14H,3-4,6H2,1-2H3. The number of hydrogen-bond acceptors (Lipinski definition) is 3. The summed E-state index contributed by atoms with van der Waals surface area (Å²) in [6, 6.07) is 2.40. The van der Waals surface area contributed by atoms with Gasteiger partial charge in [0.25, 0.3) is 0 Å². The lowest BCUT2D eigenvalue weighted by molar-refractivity contribution is 0.627. The number of nitrogens with one attached hydrogen (secondary N) is 1. The molecule has 0 bridgehead atoms. The summed E-state index contributed by atoms with van der Waals surface area (Å²) in [4.78, 5) is 9.03. The molecule has 1 fully saturated rings. The van der Waals surface area contributed by atoms with Crippen LogP contribution in [0.25, 0.3) is 5.65 Å². The van der Waals surface area contributed by atoms with Gasteiger partial charge in [-0.1, -0.05) is 0 Å². The van der Waals surface area contributed by atoms with Crippen molar-refractivity contribution in [3.8, 4) is 0 Å². The SMILES string of the molecule is Cc1nccc2nc(C3CCCN3)c(C)n12. The second-order valence-corrected chi connectivity index (χ2v) is 4.42. The Morgan fingerprint density at radius 3 is 3.00 bits per heavy atom. The van der Waals surface area contributed by atoms with Crippen molar-refractivity contribution in [2.45, 2.75) is 32.7 Å². The molecule has 1 N–H and O–H groups in total. The second-order valence-electron chi connectivity index (χ2n) is 4.42. The zero-order valence-electron chi connectivity index (χ0n) is 9.70. The van der Waals surface area contributed by atoms with E-state index in [9.17, 15) is 0 Å². The highest BCUT2D eigenvalue weighted by atomic mass is 15.1. The first kappa shape index (κ1) is 9.78. The van der Waals surface area contributed by atoms with Crippen LogP contribution < -0.4 is 5.32 Å². The molecule has 1 atom stereocenters. The molecule has 0 radical (unpaired) electrons. The molecule has 3 rings (SSSR count). The van der Waals surface area contributed by atoms with Crippen molar-refractivity contribution in [2.24, 2.45) is 0 Å². The fourth-order valence-electron chi connectivity index (χ4n) is 2.58. The second kappa shape index (κ2) is 3.56. The van der Waals surface area contributed by atoms with Crippen LogP contribution in [0.5, 0.6) is 0 Å². The highest BCUT2D eigenvalue weighted by molar-refractivity contribution is 5.43. The smallest absolute Gasteiger partial charge is 0.140 e. The normalized spacial score (nSPS) is 20.8. The van der Waals surface area contributed by atoms with Crippen LogP contribution in [-0.4, -0.2) is 20.9 Å². The minimum atomic E-state index is 0.430. The van der Waals surface area contributed by atoms with E-state index in [4.69, 9.17) is 4.98 Å². The van der Waals surface area contributed by atoms with Crippen molar-refractivity contribution in [3.63, 3.8) is 0 Å². The highest BCUT2D eigenvalue weighted by Gasteiger charge is 2.22. The highest BCUT2D eigenvalue weighted by Crippen LogP contribution is 2.26. The summed E-state index contributed by atoms with van der Waals surface area (Å²) in [5, 5.41) is 3.50. The lowest BCUT2D eigenvalue weighted by atomic mass is 10.1. The van der Waals surface area contributed by atoms with Gasteiger partial charge in [-0.15, -0.1) is 0 Å². The molecule has 4 heteroatoms. The maximum absolute atomic E-state index is 4.72. The van der Waals surface area contributed by atoms with E-state index < -0.39 is 0 Å². The lowest BCUT2D eigenvalue weighted by Gasteiger charge is -2.07. The van der Waals surface area contributed by atoms with E-state index in [0.29, 0.717) is 6.04 Å². The van der Waals surface area contributed by atoms with Crippen molar-refractivity contribution in [3.05, 3.63) is 29.5 Å². The molecule has 16 heavy (non-hydrogen) atoms. The van der Waals surface area contributed by atoms with Crippen molar-refractivity contribution in [1.29, 1.82) is 0 Å². The van der Waals surface area contributed by atoms with Gasteiger partial charge in [-0.3, -0.25) is 4.40 Å². The van der Waals surface area contributed by atoms with Gasteiger partial charge in [0, 0.05) is 11.9 Å². The first-order chi connectivity index (χ1) is 7.77. The number of hydrogen-bond donors (Lipinski definition) is 1. The Bertz CT molecular complexity index is 523. The number of rotatable bonds is 1. The third-order valence-corrected chi connectivity index (χ3v) is 3.37. The third kappa shape index (κ3) is 1.33. The molecule has 2 aromatic rings. The van der Waals surface area contributed by atoms with Crippen LogP contribution in [0.15, 0.2) is 12.3 Å². The molecule has 1 aliphatic rings. The van der Waals surface area contributed by atoms with Crippen LogP contribution >= 0.6 is 0 Å². The summed E-state index contributed by atoms with van der Waals surface area (Å²) in [7, 11) is 0. The molecule has 1 aliphatic heterocycles. The van der Waals surface area contributed by atoms with E-state index in [1.165, 1.54) is 24.2 Å². The topological polar surface area (TPSA) is 42.2 Å². The van der Waals surface area contributed by atoms with E-state index in [0.717, 1.165) is 18.0 Å². The van der Waals surface area contributed by atoms with Crippen molar-refractivity contribution >= 4 is 5.65 Å². The first-order valence-corrected chi connectivity index (χ1v) is 5.81. The molecule has 3 heterocycles. The summed E-state index contributed by atoms with van der Waals surface area (Å²) in [5.41, 5.74) is 3.42. The van der Waals surface area contributed by atoms with E-state index in [1.54, 1.807) is 0 Å². The van der Waals surface area contributed by atoms with Gasteiger partial charge in [0.2, 0.25) is 0 Å². The summed E-state index contributed by atoms with van der Waals surface area (Å²) in [5.74, 6) is 1.01. The van der Waals surface area contributed by atoms with Crippen LogP contribution in [0, 0.1) is 13.8 Å². The van der Waals surface area contributed by atoms with Crippen LogP contribution in [0.4, 0.5) is 0 Å². The van der Waals surface area contributed by atoms with E-state index in [-0.39, 0.29) is 0 Å². The number of aromatic nitrogens is 3. The Morgan fingerprint density at radius 1 is 1.44 bits per heavy atom. The van der Waals surface area contributed by atoms with E-state index in [1.807, 2.05) is 19.2 Å². The van der Waals surface area contributed by atoms with Gasteiger partial charge in [0.1, 0.15) is 11.5 Å². The van der Waals surface area contributed by atoms with Crippen LogP contribution in [-0.2, 0) is 0 Å². The van der Waals surface area contributed by atoms with Crippen molar-refractivity contribution in [1.82, 2.24) is 19.7 Å². The quantitative estimate of drug-likeness (QED) is 0.790. The first-order valence-electron chi connectivity index (χ1n) is 5.81. The van der Waals surface area contributed by atoms with Gasteiger partial charge in [-0.05, 0) is 39.3 Å². The minimum Gasteiger partial charge on any atom is -0.309 e. The molecular weight excluding hydrogens is 200 g/mol. The monoisotopic (exact) mass is 216 g/mol. The minimum absolute atomic E-state index is 0.430. The number of aryl methyl sites for hydroxylation is 2. The van der Waals surface area contributed by atoms with Crippen LogP contribution in [0.1, 0.15) is 36.1 Å². The lowest BCUT2D eigenvalue weighted by Crippen LogP contribution is -2.14. The maximum Gasteiger partial charge on any atom is 0.140 e. The van der Waals surface area contributed by atoms with Crippen molar-refractivity contribution < 1.29 is 0 Å². The maximum atomic E-state index is 4.72. The van der Waals surface area contributed by atoms with Crippen LogP contribution in [0.3, 0.4) is 0 Å². The Kier molecular flexibility index (Phi) is 2.17. The number of imidazole rings is 1. The molecule has 0 spiro atoms. The molecule has 0 saturated carbocycles. The molecule has 0 amide bonds. The summed E-state index contributed by atoms with van der Waals surface area (Å²) in [6.45, 7) is 5.26. The molecule has 1 unspecified atom stereocenters. The average Bonchev–Trinajstić information content (AvgIpc) is 2.86. The molecule has 4 nitrogen and oxygen atoms in total. The summed E-state index contributed by atoms with van der Waals surface area (Å²) >= 11 is 0. The van der Waals surface area contributed by atoms with Gasteiger partial charge in [0.05, 0.1) is 11.7 Å². The predicted molar refractivity (Wildman–Crippen MR) is 62.4 cm³/mol. The van der Waals surface area contributed by atoms with Gasteiger partial charge >= 0.3 is 0 Å². The molecule has 0 aromatic carbocycles. The summed E-state index contributed by atoms with van der Waals surface area (Å²) < 4.78 is 2.13. The predicted octanol–water partition coefficient (Wildman–Crippen LogP) is 1.77. The van der Waals surface area contributed by atoms with Gasteiger partial charge in [0.15, 0.2) is 0 Å². The molecule has 1 saturated heterocycles. The Hall–Kier alpha value is -1.42. The number of fused-ring (bicyclic) bond motifs is 1. The third-order valence-electron chi connectivity index (χ3n) is 3.37. The van der Waals surface area contributed by atoms with Crippen molar-refractivity contribution in [2.75, 3.05) is 6.54 Å². The Morgan fingerprint density at radius 2 is 2.31 bits per heavy atom. The molecule has 0 aliphatic carbocycles. The molecule has 2 aromatic heterocycles. The van der Waals surface area contributed by atoms with Gasteiger partial charge < -0.3 is 5.32 Å². The fraction of sp³-hybridized carbons (Fsp3) is 0.500. The fourth-order valence-corrected chi connectivity index (χ4v) is 2.58. The zero-order chi connectivity index (χ0) is 11.1. The average molecular weight is 216 g/mol.